The number of hydrogen-bond acceptors (Lipinski definition) is 5. The summed E-state index contributed by atoms with van der Waals surface area (Å²) in [6, 6.07) is 8.85. The van der Waals surface area contributed by atoms with E-state index < -0.39 is 12.0 Å². The summed E-state index contributed by atoms with van der Waals surface area (Å²) in [5.74, 6) is 0.0996. The Morgan fingerprint density at radius 1 is 1.24 bits per heavy atom. The number of esters is 1. The van der Waals surface area contributed by atoms with E-state index >= 15 is 0 Å². The minimum Gasteiger partial charge on any atom is -0.464 e. The van der Waals surface area contributed by atoms with Crippen LogP contribution in [0.25, 0.3) is 0 Å². The van der Waals surface area contributed by atoms with Crippen molar-refractivity contribution in [3.05, 3.63) is 52.9 Å². The SMILES string of the molecule is CCOC(=O)[C@@H](Cc1ccccc1)NC(=O)CCc1c(C)noc1C. The van der Waals surface area contributed by atoms with E-state index in [1.807, 2.05) is 44.2 Å². The molecule has 1 heterocycles. The van der Waals surface area contributed by atoms with Gasteiger partial charge < -0.3 is 14.6 Å². The van der Waals surface area contributed by atoms with Gasteiger partial charge in [0.25, 0.3) is 0 Å². The molecule has 2 aromatic rings. The molecule has 1 aromatic heterocycles. The maximum Gasteiger partial charge on any atom is 0.328 e. The first-order valence-corrected chi connectivity index (χ1v) is 8.43. The third-order valence-electron chi connectivity index (χ3n) is 3.97. The predicted octanol–water partition coefficient (Wildman–Crippen LogP) is 2.51. The summed E-state index contributed by atoms with van der Waals surface area (Å²) in [6.07, 6.45) is 1.18. The molecule has 0 saturated carbocycles. The van der Waals surface area contributed by atoms with Crippen LogP contribution < -0.4 is 5.32 Å². The minimum absolute atomic E-state index is 0.200. The maximum absolute atomic E-state index is 12.3. The number of carbonyl (C=O) groups excluding carboxylic acids is 2. The molecule has 134 valence electrons. The Morgan fingerprint density at radius 3 is 2.56 bits per heavy atom. The second-order valence-electron chi connectivity index (χ2n) is 5.86. The average Bonchev–Trinajstić information content (AvgIpc) is 2.92. The number of aromatic nitrogens is 1. The summed E-state index contributed by atoms with van der Waals surface area (Å²) < 4.78 is 10.2. The van der Waals surface area contributed by atoms with Crippen molar-refractivity contribution in [2.75, 3.05) is 6.61 Å². The molecule has 0 aliphatic carbocycles. The Labute approximate surface area is 147 Å². The van der Waals surface area contributed by atoms with Gasteiger partial charge in [-0.15, -0.1) is 0 Å². The van der Waals surface area contributed by atoms with Crippen molar-refractivity contribution in [2.24, 2.45) is 0 Å². The first-order valence-electron chi connectivity index (χ1n) is 8.43. The van der Waals surface area contributed by atoms with Gasteiger partial charge in [0.15, 0.2) is 0 Å². The molecule has 0 unspecified atom stereocenters. The van der Waals surface area contributed by atoms with Crippen molar-refractivity contribution < 1.29 is 18.8 Å². The molecule has 1 N–H and O–H groups in total. The van der Waals surface area contributed by atoms with Crippen LogP contribution in [-0.2, 0) is 27.2 Å². The van der Waals surface area contributed by atoms with Gasteiger partial charge in [-0.2, -0.15) is 0 Å². The minimum atomic E-state index is -0.695. The van der Waals surface area contributed by atoms with Gasteiger partial charge in [-0.1, -0.05) is 35.5 Å². The predicted molar refractivity (Wildman–Crippen MR) is 93.0 cm³/mol. The maximum atomic E-state index is 12.3. The van der Waals surface area contributed by atoms with Crippen LogP contribution in [0.4, 0.5) is 0 Å². The highest BCUT2D eigenvalue weighted by atomic mass is 16.5. The fraction of sp³-hybridized carbons (Fsp3) is 0.421. The third-order valence-corrected chi connectivity index (χ3v) is 3.97. The number of aryl methyl sites for hydroxylation is 2. The van der Waals surface area contributed by atoms with Crippen LogP contribution in [-0.4, -0.2) is 29.7 Å². The highest BCUT2D eigenvalue weighted by Gasteiger charge is 2.22. The second kappa shape index (κ2) is 9.01. The van der Waals surface area contributed by atoms with Crippen LogP contribution >= 0.6 is 0 Å². The van der Waals surface area contributed by atoms with E-state index in [2.05, 4.69) is 10.5 Å². The lowest BCUT2D eigenvalue weighted by molar-refractivity contribution is -0.147. The molecule has 0 fully saturated rings. The highest BCUT2D eigenvalue weighted by molar-refractivity contribution is 5.84. The smallest absolute Gasteiger partial charge is 0.328 e. The van der Waals surface area contributed by atoms with Crippen LogP contribution in [0.2, 0.25) is 0 Å². The number of hydrogen-bond donors (Lipinski definition) is 1. The summed E-state index contributed by atoms with van der Waals surface area (Å²) in [6.45, 7) is 5.69. The molecule has 6 nitrogen and oxygen atoms in total. The summed E-state index contributed by atoms with van der Waals surface area (Å²) in [7, 11) is 0. The summed E-state index contributed by atoms with van der Waals surface area (Å²) in [5, 5.41) is 6.67. The number of nitrogens with one attached hydrogen (secondary N) is 1. The lowest BCUT2D eigenvalue weighted by Gasteiger charge is -2.17. The van der Waals surface area contributed by atoms with Gasteiger partial charge >= 0.3 is 5.97 Å². The van der Waals surface area contributed by atoms with Crippen molar-refractivity contribution in [3.8, 4) is 0 Å². The van der Waals surface area contributed by atoms with E-state index in [4.69, 9.17) is 9.26 Å². The number of amides is 1. The van der Waals surface area contributed by atoms with E-state index in [1.165, 1.54) is 0 Å². The number of nitrogens with zero attached hydrogens (tertiary/aromatic N) is 1. The Balaban J connectivity index is 1.97. The highest BCUT2D eigenvalue weighted by Crippen LogP contribution is 2.14. The van der Waals surface area contributed by atoms with Crippen molar-refractivity contribution in [3.63, 3.8) is 0 Å². The molecule has 0 saturated heterocycles. The Bertz CT molecular complexity index is 690. The largest absolute Gasteiger partial charge is 0.464 e. The van der Waals surface area contributed by atoms with E-state index in [1.54, 1.807) is 6.92 Å². The summed E-state index contributed by atoms with van der Waals surface area (Å²) in [5.41, 5.74) is 2.69. The van der Waals surface area contributed by atoms with Gasteiger partial charge in [0.05, 0.1) is 12.3 Å². The summed E-state index contributed by atoms with van der Waals surface area (Å²) in [4.78, 5) is 24.5. The molecular formula is C19H24N2O4. The van der Waals surface area contributed by atoms with Gasteiger partial charge in [-0.25, -0.2) is 4.79 Å². The van der Waals surface area contributed by atoms with E-state index in [-0.39, 0.29) is 18.9 Å². The van der Waals surface area contributed by atoms with E-state index in [0.29, 0.717) is 12.8 Å². The van der Waals surface area contributed by atoms with Crippen molar-refractivity contribution in [2.45, 2.75) is 46.1 Å². The fourth-order valence-electron chi connectivity index (χ4n) is 2.65. The Kier molecular flexibility index (Phi) is 6.74. The zero-order valence-electron chi connectivity index (χ0n) is 14.9. The zero-order valence-corrected chi connectivity index (χ0v) is 14.9. The van der Waals surface area contributed by atoms with Crippen molar-refractivity contribution >= 4 is 11.9 Å². The first-order chi connectivity index (χ1) is 12.0. The number of rotatable bonds is 8. The van der Waals surface area contributed by atoms with Gasteiger partial charge in [-0.3, -0.25) is 4.79 Å². The van der Waals surface area contributed by atoms with Crippen molar-refractivity contribution in [1.82, 2.24) is 10.5 Å². The van der Waals surface area contributed by atoms with Crippen LogP contribution in [0.15, 0.2) is 34.9 Å². The number of benzene rings is 1. The Hall–Kier alpha value is -2.63. The molecule has 1 aromatic carbocycles. The zero-order chi connectivity index (χ0) is 18.2. The lowest BCUT2D eigenvalue weighted by Crippen LogP contribution is -2.43. The molecule has 2 rings (SSSR count). The lowest BCUT2D eigenvalue weighted by atomic mass is 10.0. The van der Waals surface area contributed by atoms with Crippen LogP contribution in [0.3, 0.4) is 0 Å². The molecule has 0 aliphatic rings. The van der Waals surface area contributed by atoms with Crippen LogP contribution in [0.5, 0.6) is 0 Å². The van der Waals surface area contributed by atoms with E-state index in [9.17, 15) is 9.59 Å². The molecule has 25 heavy (non-hydrogen) atoms. The van der Waals surface area contributed by atoms with Crippen LogP contribution in [0.1, 0.15) is 35.9 Å². The van der Waals surface area contributed by atoms with Crippen molar-refractivity contribution in [1.29, 1.82) is 0 Å². The molecule has 0 radical (unpaired) electrons. The average molecular weight is 344 g/mol. The quantitative estimate of drug-likeness (QED) is 0.744. The van der Waals surface area contributed by atoms with Crippen LogP contribution in [0, 0.1) is 13.8 Å². The monoisotopic (exact) mass is 344 g/mol. The van der Waals surface area contributed by atoms with E-state index in [0.717, 1.165) is 22.6 Å². The normalized spacial score (nSPS) is 11.8. The number of ether oxygens (including phenoxy) is 1. The Morgan fingerprint density at radius 2 is 1.96 bits per heavy atom. The van der Waals surface area contributed by atoms with Gasteiger partial charge in [-0.05, 0) is 32.8 Å². The van der Waals surface area contributed by atoms with Gasteiger partial charge in [0.1, 0.15) is 11.8 Å². The summed E-state index contributed by atoms with van der Waals surface area (Å²) >= 11 is 0. The number of carbonyl (C=O) groups is 2. The fourth-order valence-corrected chi connectivity index (χ4v) is 2.65. The standard InChI is InChI=1S/C19H24N2O4/c1-4-24-19(23)17(12-15-8-6-5-7-9-15)20-18(22)11-10-16-13(2)21-25-14(16)3/h5-9,17H,4,10-12H2,1-3H3,(H,20,22)/t17-/m1/s1. The third kappa shape index (κ3) is 5.45. The van der Waals surface area contributed by atoms with Gasteiger partial charge in [0, 0.05) is 18.4 Å². The molecule has 1 amide bonds. The van der Waals surface area contributed by atoms with Gasteiger partial charge in [0.2, 0.25) is 5.91 Å². The first kappa shape index (κ1) is 18.7. The molecule has 1 atom stereocenters. The molecular weight excluding hydrogens is 320 g/mol. The topological polar surface area (TPSA) is 81.4 Å². The molecule has 0 bridgehead atoms. The molecule has 0 spiro atoms. The second-order valence-corrected chi connectivity index (χ2v) is 5.86. The molecule has 0 aliphatic heterocycles. The molecule has 6 heteroatoms.